The summed E-state index contributed by atoms with van der Waals surface area (Å²) >= 11 is 0. The summed E-state index contributed by atoms with van der Waals surface area (Å²) in [6, 6.07) is 7.13. The number of benzene rings is 1. The van der Waals surface area contributed by atoms with Gasteiger partial charge < -0.3 is 20.1 Å². The Bertz CT molecular complexity index is 396. The Morgan fingerprint density at radius 1 is 1.25 bits per heavy atom. The lowest BCUT2D eigenvalue weighted by Gasteiger charge is -2.10. The number of unbranched alkanes of at least 4 members (excludes halogenated alkanes) is 2. The first kappa shape index (κ1) is 16.3. The van der Waals surface area contributed by atoms with Gasteiger partial charge in [-0.2, -0.15) is 0 Å². The van der Waals surface area contributed by atoms with Gasteiger partial charge in [-0.15, -0.1) is 0 Å². The highest BCUT2D eigenvalue weighted by molar-refractivity contribution is 5.89. The van der Waals surface area contributed by atoms with Crippen LogP contribution in [0.2, 0.25) is 0 Å². The number of hydrogen-bond donors (Lipinski definition) is 2. The van der Waals surface area contributed by atoms with Gasteiger partial charge in [0.2, 0.25) is 0 Å². The monoisotopic (exact) mass is 280 g/mol. The van der Waals surface area contributed by atoms with Crippen molar-refractivity contribution in [3.05, 3.63) is 24.3 Å². The lowest BCUT2D eigenvalue weighted by atomic mass is 10.2. The van der Waals surface area contributed by atoms with Gasteiger partial charge in [-0.25, -0.2) is 4.79 Å². The Morgan fingerprint density at radius 2 is 2.10 bits per heavy atom. The van der Waals surface area contributed by atoms with E-state index >= 15 is 0 Å². The first-order valence-electron chi connectivity index (χ1n) is 7.03. The van der Waals surface area contributed by atoms with Crippen molar-refractivity contribution in [1.29, 1.82) is 0 Å². The van der Waals surface area contributed by atoms with Gasteiger partial charge in [-0.3, -0.25) is 0 Å². The van der Waals surface area contributed by atoms with Crippen LogP contribution in [0, 0.1) is 0 Å². The number of carbonyl (C=O) groups excluding carboxylic acids is 1. The van der Waals surface area contributed by atoms with E-state index in [0.717, 1.165) is 19.3 Å². The topological polar surface area (TPSA) is 59.6 Å². The van der Waals surface area contributed by atoms with Gasteiger partial charge in [-0.1, -0.05) is 25.8 Å². The zero-order valence-corrected chi connectivity index (χ0v) is 12.3. The molecule has 2 amide bonds. The van der Waals surface area contributed by atoms with Gasteiger partial charge >= 0.3 is 6.03 Å². The van der Waals surface area contributed by atoms with Crippen LogP contribution in [-0.4, -0.2) is 32.9 Å². The Labute approximate surface area is 120 Å². The van der Waals surface area contributed by atoms with Crippen LogP contribution in [-0.2, 0) is 4.74 Å². The molecule has 1 aromatic rings. The summed E-state index contributed by atoms with van der Waals surface area (Å²) in [5.74, 6) is 0.714. The Morgan fingerprint density at radius 3 is 2.85 bits per heavy atom. The highest BCUT2D eigenvalue weighted by Gasteiger charge is 2.02. The van der Waals surface area contributed by atoms with E-state index in [-0.39, 0.29) is 6.03 Å². The Kier molecular flexibility index (Phi) is 8.22. The van der Waals surface area contributed by atoms with E-state index in [2.05, 4.69) is 17.6 Å². The number of carbonyl (C=O) groups is 1. The van der Waals surface area contributed by atoms with Crippen LogP contribution in [0.25, 0.3) is 0 Å². The molecule has 112 valence electrons. The number of anilines is 1. The number of amides is 2. The molecule has 0 saturated heterocycles. The Hall–Kier alpha value is -1.75. The van der Waals surface area contributed by atoms with E-state index in [1.165, 1.54) is 0 Å². The molecule has 0 aliphatic heterocycles. The minimum Gasteiger partial charge on any atom is -0.491 e. The van der Waals surface area contributed by atoms with Crippen LogP contribution >= 0.6 is 0 Å². The van der Waals surface area contributed by atoms with E-state index in [1.54, 1.807) is 13.2 Å². The molecule has 0 heterocycles. The van der Waals surface area contributed by atoms with Gasteiger partial charge in [0.05, 0.1) is 6.61 Å². The van der Waals surface area contributed by atoms with Gasteiger partial charge in [-0.05, 0) is 18.6 Å². The predicted octanol–water partition coefficient (Wildman–Crippen LogP) is 3.02. The van der Waals surface area contributed by atoms with E-state index in [9.17, 15) is 4.79 Å². The van der Waals surface area contributed by atoms with Crippen molar-refractivity contribution >= 4 is 11.7 Å². The van der Waals surface area contributed by atoms with Crippen molar-refractivity contribution in [1.82, 2.24) is 5.32 Å². The summed E-state index contributed by atoms with van der Waals surface area (Å²) in [6.07, 6.45) is 3.28. The molecule has 20 heavy (non-hydrogen) atoms. The second kappa shape index (κ2) is 10.1. The van der Waals surface area contributed by atoms with E-state index in [4.69, 9.17) is 9.47 Å². The molecule has 0 aromatic heterocycles. The average molecular weight is 280 g/mol. The SMILES string of the molecule is CCCCCNC(=O)Nc1cccc(OCCOC)c1. The van der Waals surface area contributed by atoms with Crippen LogP contribution in [0.3, 0.4) is 0 Å². The smallest absolute Gasteiger partial charge is 0.319 e. The third-order valence-corrected chi connectivity index (χ3v) is 2.71. The maximum atomic E-state index is 11.7. The van der Waals surface area contributed by atoms with Crippen molar-refractivity contribution < 1.29 is 14.3 Å². The molecule has 0 fully saturated rings. The molecule has 0 aliphatic carbocycles. The van der Waals surface area contributed by atoms with E-state index in [0.29, 0.717) is 31.2 Å². The summed E-state index contributed by atoms with van der Waals surface area (Å²) in [6.45, 7) is 3.86. The van der Waals surface area contributed by atoms with Gasteiger partial charge in [0.25, 0.3) is 0 Å². The molecule has 2 N–H and O–H groups in total. The molecule has 0 bridgehead atoms. The highest BCUT2D eigenvalue weighted by atomic mass is 16.5. The maximum Gasteiger partial charge on any atom is 0.319 e. The van der Waals surface area contributed by atoms with E-state index in [1.807, 2.05) is 18.2 Å². The standard InChI is InChI=1S/C15H24N2O3/c1-3-4-5-9-16-15(18)17-13-7-6-8-14(12-13)20-11-10-19-2/h6-8,12H,3-5,9-11H2,1-2H3,(H2,16,17,18). The van der Waals surface area contributed by atoms with E-state index < -0.39 is 0 Å². The number of rotatable bonds is 9. The van der Waals surface area contributed by atoms with Gasteiger partial charge in [0.15, 0.2) is 0 Å². The number of nitrogens with one attached hydrogen (secondary N) is 2. The average Bonchev–Trinajstić information content (AvgIpc) is 2.44. The molecule has 1 rings (SSSR count). The number of ether oxygens (including phenoxy) is 2. The second-order valence-electron chi connectivity index (χ2n) is 4.46. The summed E-state index contributed by atoms with van der Waals surface area (Å²) in [7, 11) is 1.63. The lowest BCUT2D eigenvalue weighted by molar-refractivity contribution is 0.146. The van der Waals surface area contributed by atoms with Crippen LogP contribution in [0.5, 0.6) is 5.75 Å². The second-order valence-corrected chi connectivity index (χ2v) is 4.46. The maximum absolute atomic E-state index is 11.7. The zero-order valence-electron chi connectivity index (χ0n) is 12.3. The third-order valence-electron chi connectivity index (χ3n) is 2.71. The van der Waals surface area contributed by atoms with Gasteiger partial charge in [0.1, 0.15) is 12.4 Å². The van der Waals surface area contributed by atoms with Crippen molar-refractivity contribution in [3.8, 4) is 5.75 Å². The third kappa shape index (κ3) is 6.99. The number of urea groups is 1. The fraction of sp³-hybridized carbons (Fsp3) is 0.533. The molecule has 0 spiro atoms. The van der Waals surface area contributed by atoms with Crippen molar-refractivity contribution in [2.45, 2.75) is 26.2 Å². The quantitative estimate of drug-likeness (QED) is 0.684. The minimum atomic E-state index is -0.185. The highest BCUT2D eigenvalue weighted by Crippen LogP contribution is 2.17. The molecular weight excluding hydrogens is 256 g/mol. The summed E-state index contributed by atoms with van der Waals surface area (Å²) < 4.78 is 10.4. The molecule has 0 radical (unpaired) electrons. The summed E-state index contributed by atoms with van der Waals surface area (Å²) in [5, 5.41) is 5.62. The normalized spacial score (nSPS) is 10.1. The molecule has 5 nitrogen and oxygen atoms in total. The Balaban J connectivity index is 2.35. The molecule has 0 aliphatic rings. The van der Waals surface area contributed by atoms with Crippen molar-refractivity contribution in [2.75, 3.05) is 32.2 Å². The number of methoxy groups -OCH3 is 1. The fourth-order valence-electron chi connectivity index (χ4n) is 1.66. The summed E-state index contributed by atoms with van der Waals surface area (Å²) in [5.41, 5.74) is 0.716. The van der Waals surface area contributed by atoms with Crippen molar-refractivity contribution in [2.24, 2.45) is 0 Å². The molecule has 0 saturated carbocycles. The van der Waals surface area contributed by atoms with Crippen molar-refractivity contribution in [3.63, 3.8) is 0 Å². The molecule has 0 unspecified atom stereocenters. The molecule has 0 atom stereocenters. The molecule has 1 aromatic carbocycles. The first-order valence-corrected chi connectivity index (χ1v) is 7.03. The van der Waals surface area contributed by atoms with Crippen LogP contribution in [0.15, 0.2) is 24.3 Å². The van der Waals surface area contributed by atoms with Crippen LogP contribution < -0.4 is 15.4 Å². The van der Waals surface area contributed by atoms with Gasteiger partial charge in [0, 0.05) is 25.4 Å². The minimum absolute atomic E-state index is 0.185. The largest absolute Gasteiger partial charge is 0.491 e. The zero-order chi connectivity index (χ0) is 14.6. The molecular formula is C15H24N2O3. The molecule has 5 heteroatoms. The summed E-state index contributed by atoms with van der Waals surface area (Å²) in [4.78, 5) is 11.7. The predicted molar refractivity (Wildman–Crippen MR) is 80.4 cm³/mol. The lowest BCUT2D eigenvalue weighted by Crippen LogP contribution is -2.29. The first-order chi connectivity index (χ1) is 9.76. The number of hydrogen-bond acceptors (Lipinski definition) is 3. The van der Waals surface area contributed by atoms with Crippen LogP contribution in [0.1, 0.15) is 26.2 Å². The van der Waals surface area contributed by atoms with Crippen LogP contribution in [0.4, 0.5) is 10.5 Å². The fourth-order valence-corrected chi connectivity index (χ4v) is 1.66.